The molecule has 2 amide bonds. The van der Waals surface area contributed by atoms with Gasteiger partial charge in [0, 0.05) is 18.8 Å². The van der Waals surface area contributed by atoms with Crippen molar-refractivity contribution in [2.75, 3.05) is 18.4 Å². The van der Waals surface area contributed by atoms with Crippen molar-refractivity contribution < 1.29 is 4.79 Å². The lowest BCUT2D eigenvalue weighted by atomic mass is 10.1. The molecule has 0 spiro atoms. The van der Waals surface area contributed by atoms with Crippen LogP contribution in [0.3, 0.4) is 0 Å². The molecule has 96 valence electrons. The number of hydrogen-bond acceptors (Lipinski definition) is 1. The molecule has 1 aliphatic rings. The van der Waals surface area contributed by atoms with Crippen LogP contribution in [0.2, 0.25) is 0 Å². The van der Waals surface area contributed by atoms with Crippen LogP contribution in [-0.2, 0) is 0 Å². The molecule has 0 unspecified atom stereocenters. The van der Waals surface area contributed by atoms with Gasteiger partial charge in [-0.05, 0) is 50.5 Å². The van der Waals surface area contributed by atoms with Crippen molar-refractivity contribution >= 4 is 11.7 Å². The third kappa shape index (κ3) is 2.92. The summed E-state index contributed by atoms with van der Waals surface area (Å²) in [6.07, 6.45) is 3.09. The normalized spacial score (nSPS) is 15.3. The van der Waals surface area contributed by atoms with Crippen molar-refractivity contribution in [1.29, 1.82) is 0 Å². The molecule has 3 nitrogen and oxygen atoms in total. The van der Waals surface area contributed by atoms with Crippen molar-refractivity contribution in [3.8, 4) is 0 Å². The summed E-state index contributed by atoms with van der Waals surface area (Å²) >= 11 is 0. The average Bonchev–Trinajstić information content (AvgIpc) is 2.34. The molecule has 0 aliphatic carbocycles. The number of urea groups is 1. The zero-order valence-corrected chi connectivity index (χ0v) is 11.3. The molecule has 1 heterocycles. The van der Waals surface area contributed by atoms with Crippen molar-refractivity contribution in [3.05, 3.63) is 41.0 Å². The lowest BCUT2D eigenvalue weighted by molar-refractivity contribution is 0.215. The number of nitrogens with one attached hydrogen (secondary N) is 1. The third-order valence-electron chi connectivity index (χ3n) is 3.48. The summed E-state index contributed by atoms with van der Waals surface area (Å²) in [5.41, 5.74) is 4.67. The highest BCUT2D eigenvalue weighted by Crippen LogP contribution is 2.16. The molecular weight excluding hydrogens is 224 g/mol. The zero-order chi connectivity index (χ0) is 13.1. The molecule has 0 aromatic heterocycles. The van der Waals surface area contributed by atoms with Gasteiger partial charge in [0.15, 0.2) is 0 Å². The van der Waals surface area contributed by atoms with E-state index in [-0.39, 0.29) is 6.03 Å². The van der Waals surface area contributed by atoms with Crippen molar-refractivity contribution in [3.63, 3.8) is 0 Å². The summed E-state index contributed by atoms with van der Waals surface area (Å²) in [5, 5.41) is 2.95. The predicted octanol–water partition coefficient (Wildman–Crippen LogP) is 3.49. The Kier molecular flexibility index (Phi) is 3.70. The highest BCUT2D eigenvalue weighted by molar-refractivity contribution is 5.89. The van der Waals surface area contributed by atoms with E-state index in [1.165, 1.54) is 16.7 Å². The Morgan fingerprint density at radius 3 is 2.61 bits per heavy atom. The summed E-state index contributed by atoms with van der Waals surface area (Å²) in [5.74, 6) is 0. The van der Waals surface area contributed by atoms with Crippen LogP contribution in [0.5, 0.6) is 0 Å². The molecule has 0 bridgehead atoms. The van der Waals surface area contributed by atoms with E-state index in [4.69, 9.17) is 0 Å². The SMILES string of the molecule is CC1=CCN(C(=O)Nc2ccc(C)c(C)c2)CC1. The number of rotatable bonds is 1. The number of carbonyl (C=O) groups excluding carboxylic acids is 1. The monoisotopic (exact) mass is 244 g/mol. The Balaban J connectivity index is 2.01. The van der Waals surface area contributed by atoms with Gasteiger partial charge in [-0.3, -0.25) is 0 Å². The second kappa shape index (κ2) is 5.25. The van der Waals surface area contributed by atoms with Gasteiger partial charge in [-0.2, -0.15) is 0 Å². The Morgan fingerprint density at radius 1 is 1.22 bits per heavy atom. The maximum absolute atomic E-state index is 12.1. The molecule has 3 heteroatoms. The molecule has 0 fully saturated rings. The lowest BCUT2D eigenvalue weighted by Gasteiger charge is -2.25. The second-order valence-electron chi connectivity index (χ2n) is 4.98. The fourth-order valence-electron chi connectivity index (χ4n) is 1.98. The number of benzene rings is 1. The number of amides is 2. The molecule has 1 aromatic rings. The predicted molar refractivity (Wildman–Crippen MR) is 74.9 cm³/mol. The summed E-state index contributed by atoms with van der Waals surface area (Å²) in [6, 6.07) is 5.98. The first-order valence-corrected chi connectivity index (χ1v) is 6.35. The maximum Gasteiger partial charge on any atom is 0.322 e. The van der Waals surface area contributed by atoms with Gasteiger partial charge >= 0.3 is 6.03 Å². The van der Waals surface area contributed by atoms with Crippen LogP contribution in [0.25, 0.3) is 0 Å². The van der Waals surface area contributed by atoms with Crippen molar-refractivity contribution in [2.45, 2.75) is 27.2 Å². The van der Waals surface area contributed by atoms with Gasteiger partial charge in [0.05, 0.1) is 0 Å². The van der Waals surface area contributed by atoms with E-state index >= 15 is 0 Å². The molecule has 1 aliphatic heterocycles. The molecule has 18 heavy (non-hydrogen) atoms. The largest absolute Gasteiger partial charge is 0.322 e. The molecule has 1 aromatic carbocycles. The van der Waals surface area contributed by atoms with Gasteiger partial charge in [-0.25, -0.2) is 4.79 Å². The van der Waals surface area contributed by atoms with Crippen molar-refractivity contribution in [2.24, 2.45) is 0 Å². The Morgan fingerprint density at radius 2 is 2.00 bits per heavy atom. The van der Waals surface area contributed by atoms with E-state index in [0.29, 0.717) is 6.54 Å². The van der Waals surface area contributed by atoms with E-state index in [1.807, 2.05) is 23.1 Å². The Hall–Kier alpha value is -1.77. The number of nitrogens with zero attached hydrogens (tertiary/aromatic N) is 1. The van der Waals surface area contributed by atoms with Gasteiger partial charge in [0.25, 0.3) is 0 Å². The molecule has 0 saturated heterocycles. The first kappa shape index (κ1) is 12.7. The third-order valence-corrected chi connectivity index (χ3v) is 3.48. The van der Waals surface area contributed by atoms with E-state index in [9.17, 15) is 4.79 Å². The fourth-order valence-corrected chi connectivity index (χ4v) is 1.98. The van der Waals surface area contributed by atoms with E-state index in [2.05, 4.69) is 32.2 Å². The molecule has 1 N–H and O–H groups in total. The molecule has 0 saturated carbocycles. The van der Waals surface area contributed by atoms with E-state index in [1.54, 1.807) is 0 Å². The van der Waals surface area contributed by atoms with Gasteiger partial charge in [0.2, 0.25) is 0 Å². The summed E-state index contributed by atoms with van der Waals surface area (Å²) in [4.78, 5) is 13.9. The van der Waals surface area contributed by atoms with E-state index in [0.717, 1.165) is 18.7 Å². The number of hydrogen-bond donors (Lipinski definition) is 1. The first-order chi connectivity index (χ1) is 8.56. The average molecular weight is 244 g/mol. The van der Waals surface area contributed by atoms with E-state index < -0.39 is 0 Å². The van der Waals surface area contributed by atoms with Crippen LogP contribution >= 0.6 is 0 Å². The zero-order valence-electron chi connectivity index (χ0n) is 11.3. The smallest absolute Gasteiger partial charge is 0.320 e. The number of aryl methyl sites for hydroxylation is 2. The quantitative estimate of drug-likeness (QED) is 0.753. The lowest BCUT2D eigenvalue weighted by Crippen LogP contribution is -2.37. The molecular formula is C15H20N2O. The Bertz CT molecular complexity index is 491. The minimum atomic E-state index is -0.0120. The van der Waals surface area contributed by atoms with Gasteiger partial charge < -0.3 is 10.2 Å². The minimum absolute atomic E-state index is 0.0120. The number of carbonyl (C=O) groups is 1. The van der Waals surface area contributed by atoms with Crippen LogP contribution in [-0.4, -0.2) is 24.0 Å². The Labute approximate surface area is 108 Å². The second-order valence-corrected chi connectivity index (χ2v) is 4.98. The highest BCUT2D eigenvalue weighted by atomic mass is 16.2. The highest BCUT2D eigenvalue weighted by Gasteiger charge is 2.15. The summed E-state index contributed by atoms with van der Waals surface area (Å²) < 4.78 is 0. The maximum atomic E-state index is 12.1. The van der Waals surface area contributed by atoms with Crippen LogP contribution in [0.4, 0.5) is 10.5 Å². The summed E-state index contributed by atoms with van der Waals surface area (Å²) in [6.45, 7) is 7.75. The topological polar surface area (TPSA) is 32.3 Å². The summed E-state index contributed by atoms with van der Waals surface area (Å²) in [7, 11) is 0. The molecule has 0 radical (unpaired) electrons. The molecule has 2 rings (SSSR count). The minimum Gasteiger partial charge on any atom is -0.320 e. The van der Waals surface area contributed by atoms with Crippen molar-refractivity contribution in [1.82, 2.24) is 4.90 Å². The van der Waals surface area contributed by atoms with Gasteiger partial charge in [0.1, 0.15) is 0 Å². The van der Waals surface area contributed by atoms with Gasteiger partial charge in [-0.15, -0.1) is 0 Å². The first-order valence-electron chi connectivity index (χ1n) is 6.35. The van der Waals surface area contributed by atoms with Crippen LogP contribution < -0.4 is 5.32 Å². The fraction of sp³-hybridized carbons (Fsp3) is 0.400. The molecule has 0 atom stereocenters. The van der Waals surface area contributed by atoms with Crippen LogP contribution in [0, 0.1) is 13.8 Å². The number of anilines is 1. The van der Waals surface area contributed by atoms with Crippen LogP contribution in [0.1, 0.15) is 24.5 Å². The standard InChI is InChI=1S/C15H20N2O/c1-11-6-8-17(9-7-11)15(18)16-14-5-4-12(2)13(3)10-14/h4-6,10H,7-9H2,1-3H3,(H,16,18). The van der Waals surface area contributed by atoms with Crippen LogP contribution in [0.15, 0.2) is 29.8 Å². The van der Waals surface area contributed by atoms with Gasteiger partial charge in [-0.1, -0.05) is 17.7 Å².